The Labute approximate surface area is 461 Å². The number of carbonyl (C=O) groups excluding carboxylic acids is 3. The number of benzene rings is 5. The summed E-state index contributed by atoms with van der Waals surface area (Å²) < 4.78 is 40.5. The number of nitrogens with one attached hydrogen (secondary N) is 2. The zero-order chi connectivity index (χ0) is 54.7. The number of piperazine rings is 2. The van der Waals surface area contributed by atoms with Crippen LogP contribution in [0.1, 0.15) is 74.9 Å². The van der Waals surface area contributed by atoms with Gasteiger partial charge in [0.15, 0.2) is 0 Å². The molecule has 3 aliphatic rings. The summed E-state index contributed by atoms with van der Waals surface area (Å²) in [6.07, 6.45) is 2.60. The van der Waals surface area contributed by atoms with Gasteiger partial charge in [-0.05, 0) is 123 Å². The lowest BCUT2D eigenvalue weighted by Crippen LogP contribution is -2.52. The molecule has 2 amide bonds. The van der Waals surface area contributed by atoms with Gasteiger partial charge in [0.2, 0.25) is 0 Å². The van der Waals surface area contributed by atoms with Crippen LogP contribution in [-0.2, 0) is 30.9 Å². The van der Waals surface area contributed by atoms with Crippen LogP contribution in [0.3, 0.4) is 0 Å². The smallest absolute Gasteiger partial charge is 0.410 e. The third kappa shape index (κ3) is 16.1. The van der Waals surface area contributed by atoms with E-state index < -0.39 is 49.0 Å². The number of anilines is 2. The summed E-state index contributed by atoms with van der Waals surface area (Å²) in [4.78, 5) is 60.5. The monoisotopic (exact) mass is 1110 g/mol. The van der Waals surface area contributed by atoms with Gasteiger partial charge in [-0.1, -0.05) is 84.8 Å². The molecule has 2 N–H and O–H groups in total. The SMILES string of the molecule is CC(C)(C)OC(=O)N1CCN(C[C@]2(C)CCC(c3ccc(Cl)cc3)=C(CN3CCN(c4ccc(C(=O)NS(=O)(=O)c5ccc(NC(CSc6ccccc6)CC(=O)OCc6ccccc6)c([N+](=O)[O-])c5)cc4)CC3)C2)CC1. The van der Waals surface area contributed by atoms with Crippen LogP contribution in [-0.4, -0.2) is 129 Å². The number of hydrogen-bond acceptors (Lipinski definition) is 14. The Hall–Kier alpha value is -6.44. The zero-order valence-corrected chi connectivity index (χ0v) is 46.5. The molecule has 0 saturated carbocycles. The number of halogens is 1. The van der Waals surface area contributed by atoms with E-state index in [1.54, 1.807) is 24.3 Å². The van der Waals surface area contributed by atoms with E-state index >= 15 is 0 Å². The van der Waals surface area contributed by atoms with Crippen molar-refractivity contribution in [2.24, 2.45) is 5.41 Å². The second kappa shape index (κ2) is 25.4. The molecule has 0 spiro atoms. The van der Waals surface area contributed by atoms with E-state index in [0.717, 1.165) is 93.8 Å². The molecule has 2 heterocycles. The van der Waals surface area contributed by atoms with E-state index in [2.05, 4.69) is 43.8 Å². The predicted molar refractivity (Wildman–Crippen MR) is 303 cm³/mol. The molecule has 2 saturated heterocycles. The average molecular weight is 1110 g/mol. The molecule has 1 unspecified atom stereocenters. The van der Waals surface area contributed by atoms with Crippen molar-refractivity contribution in [2.45, 2.75) is 81.4 Å². The molecule has 2 aliphatic heterocycles. The van der Waals surface area contributed by atoms with Crippen molar-refractivity contribution in [1.82, 2.24) is 19.4 Å². The molecule has 5 aromatic carbocycles. The molecule has 77 heavy (non-hydrogen) atoms. The normalized spacial score (nSPS) is 18.1. The fourth-order valence-corrected chi connectivity index (χ4v) is 12.2. The number of rotatable bonds is 19. The van der Waals surface area contributed by atoms with E-state index in [1.165, 1.54) is 40.6 Å². The number of nitrogens with zero attached hydrogens (tertiary/aromatic N) is 5. The lowest BCUT2D eigenvalue weighted by Gasteiger charge is -2.44. The first-order chi connectivity index (χ1) is 36.8. The molecule has 16 nitrogen and oxygen atoms in total. The predicted octanol–water partition coefficient (Wildman–Crippen LogP) is 10.4. The summed E-state index contributed by atoms with van der Waals surface area (Å²) in [6, 6.07) is 36.3. The number of sulfonamides is 1. The maximum Gasteiger partial charge on any atom is 0.410 e. The van der Waals surface area contributed by atoms with Gasteiger partial charge in [0.1, 0.15) is 17.9 Å². The molecule has 2 fully saturated rings. The highest BCUT2D eigenvalue weighted by molar-refractivity contribution is 7.99. The minimum atomic E-state index is -4.56. The lowest BCUT2D eigenvalue weighted by atomic mass is 9.71. The van der Waals surface area contributed by atoms with Crippen molar-refractivity contribution in [1.29, 1.82) is 0 Å². The summed E-state index contributed by atoms with van der Waals surface area (Å²) in [7, 11) is -4.56. The number of allylic oxidation sites excluding steroid dienone is 1. The average Bonchev–Trinajstić information content (AvgIpc) is 3.41. The Morgan fingerprint density at radius 3 is 2.13 bits per heavy atom. The molecule has 0 aromatic heterocycles. The molecule has 0 radical (unpaired) electrons. The first kappa shape index (κ1) is 56.8. The van der Waals surface area contributed by atoms with Crippen LogP contribution in [0.25, 0.3) is 5.57 Å². The Morgan fingerprint density at radius 2 is 1.48 bits per heavy atom. The number of amides is 2. The number of esters is 1. The van der Waals surface area contributed by atoms with Gasteiger partial charge in [-0.2, -0.15) is 0 Å². The Kier molecular flexibility index (Phi) is 18.7. The highest BCUT2D eigenvalue weighted by atomic mass is 35.5. The number of nitro groups is 1. The number of carbonyl (C=O) groups is 3. The molecule has 0 bridgehead atoms. The van der Waals surface area contributed by atoms with Crippen LogP contribution in [0.2, 0.25) is 5.02 Å². The number of ether oxygens (including phenoxy) is 2. The van der Waals surface area contributed by atoms with Gasteiger partial charge in [-0.25, -0.2) is 17.9 Å². The topological polar surface area (TPSA) is 184 Å². The zero-order valence-electron chi connectivity index (χ0n) is 44.1. The number of hydrogen-bond donors (Lipinski definition) is 2. The van der Waals surface area contributed by atoms with E-state index in [4.69, 9.17) is 21.1 Å². The fourth-order valence-electron chi connectivity index (χ4n) is 10.1. The minimum Gasteiger partial charge on any atom is -0.461 e. The van der Waals surface area contributed by atoms with E-state index in [1.807, 2.05) is 98.5 Å². The van der Waals surface area contributed by atoms with Gasteiger partial charge in [0.25, 0.3) is 21.6 Å². The molecule has 19 heteroatoms. The summed E-state index contributed by atoms with van der Waals surface area (Å²) in [5.41, 5.74) is 4.82. The van der Waals surface area contributed by atoms with Crippen LogP contribution in [0.4, 0.5) is 21.9 Å². The summed E-state index contributed by atoms with van der Waals surface area (Å²) in [5, 5.41) is 16.2. The van der Waals surface area contributed by atoms with Gasteiger partial charge < -0.3 is 24.6 Å². The van der Waals surface area contributed by atoms with Crippen LogP contribution in [0.15, 0.2) is 143 Å². The van der Waals surface area contributed by atoms with Gasteiger partial charge >= 0.3 is 12.1 Å². The lowest BCUT2D eigenvalue weighted by molar-refractivity contribution is -0.384. The molecular formula is C58H68ClN7O9S2. The second-order valence-corrected chi connectivity index (χ2v) is 24.5. The molecule has 8 rings (SSSR count). The molecule has 408 valence electrons. The van der Waals surface area contributed by atoms with Crippen LogP contribution < -0.4 is 14.9 Å². The van der Waals surface area contributed by atoms with E-state index in [0.29, 0.717) is 23.9 Å². The third-order valence-electron chi connectivity index (χ3n) is 14.1. The molecule has 2 atom stereocenters. The maximum atomic E-state index is 13.6. The highest BCUT2D eigenvalue weighted by Gasteiger charge is 2.36. The first-order valence-electron chi connectivity index (χ1n) is 26.0. The molecule has 1 aliphatic carbocycles. The van der Waals surface area contributed by atoms with Gasteiger partial charge in [-0.3, -0.25) is 29.5 Å². The van der Waals surface area contributed by atoms with Crippen molar-refractivity contribution in [3.8, 4) is 0 Å². The van der Waals surface area contributed by atoms with Crippen molar-refractivity contribution in [3.05, 3.63) is 165 Å². The van der Waals surface area contributed by atoms with Gasteiger partial charge in [0.05, 0.1) is 16.2 Å². The van der Waals surface area contributed by atoms with E-state index in [-0.39, 0.29) is 35.8 Å². The second-order valence-electron chi connectivity index (χ2n) is 21.3. The maximum absolute atomic E-state index is 13.6. The van der Waals surface area contributed by atoms with Crippen LogP contribution >= 0.6 is 23.4 Å². The summed E-state index contributed by atoms with van der Waals surface area (Å²) in [6.45, 7) is 15.9. The fraction of sp³-hybridized carbons (Fsp3) is 0.397. The van der Waals surface area contributed by atoms with Crippen molar-refractivity contribution >= 4 is 74.0 Å². The van der Waals surface area contributed by atoms with Crippen molar-refractivity contribution in [3.63, 3.8) is 0 Å². The standard InChI is InChI=1S/C58H68ClN7O9S2/c1-57(2,3)75-56(69)65-33-29-63(30-34-65)41-58(4)26-25-51(43-15-19-46(59)20-16-43)45(37-58)38-62-27-31-64(32-28-62)48-21-17-44(18-22-48)55(68)61-77(72,73)50-23-24-52(53(36-50)66(70)71)60-47(40-76-49-13-9-6-10-14-49)35-54(67)74-39-42-11-7-5-8-12-42/h5-24,36,47,60H,25-35,37-41H2,1-4H3,(H,61,68)/t47?,58-/m1/s1. The molecular weight excluding hydrogens is 1040 g/mol. The van der Waals surface area contributed by atoms with Crippen molar-refractivity contribution in [2.75, 3.05) is 81.4 Å². The highest BCUT2D eigenvalue weighted by Crippen LogP contribution is 2.44. The minimum absolute atomic E-state index is 0.00283. The number of thioether (sulfide) groups is 1. The van der Waals surface area contributed by atoms with Gasteiger partial charge in [0, 0.05) is 104 Å². The van der Waals surface area contributed by atoms with Crippen LogP contribution in [0.5, 0.6) is 0 Å². The van der Waals surface area contributed by atoms with Crippen molar-refractivity contribution < 1.29 is 37.2 Å². The summed E-state index contributed by atoms with van der Waals surface area (Å²) >= 11 is 7.78. The quantitative estimate of drug-likeness (QED) is 0.0345. The third-order valence-corrected chi connectivity index (χ3v) is 16.8. The largest absolute Gasteiger partial charge is 0.461 e. The van der Waals surface area contributed by atoms with Gasteiger partial charge in [-0.15, -0.1) is 11.8 Å². The number of nitro benzene ring substituents is 1. The Balaban J connectivity index is 0.867. The first-order valence-corrected chi connectivity index (χ1v) is 28.9. The van der Waals surface area contributed by atoms with E-state index in [9.17, 15) is 32.9 Å². The Bertz CT molecular complexity index is 3000. The summed E-state index contributed by atoms with van der Waals surface area (Å²) in [5.74, 6) is -1.07. The Morgan fingerprint density at radius 1 is 0.831 bits per heavy atom. The van der Waals surface area contributed by atoms with Crippen LogP contribution in [0, 0.1) is 15.5 Å². The molecule has 5 aromatic rings.